The van der Waals surface area contributed by atoms with E-state index in [-0.39, 0.29) is 0 Å². The molecular formula is C13H20N2. The number of hydrogen-bond donors (Lipinski definition) is 1. The highest BCUT2D eigenvalue weighted by atomic mass is 15.1. The molecule has 0 atom stereocenters. The van der Waals surface area contributed by atoms with Crippen LogP contribution in [0.4, 0.5) is 5.69 Å². The Balaban J connectivity index is 2.17. The predicted octanol–water partition coefficient (Wildman–Crippen LogP) is 2.18. The van der Waals surface area contributed by atoms with Crippen molar-refractivity contribution in [3.63, 3.8) is 0 Å². The van der Waals surface area contributed by atoms with Crippen molar-refractivity contribution in [1.82, 2.24) is 0 Å². The first-order valence-electron chi connectivity index (χ1n) is 5.95. The molecule has 2 N–H and O–H groups in total. The summed E-state index contributed by atoms with van der Waals surface area (Å²) in [6.45, 7) is 3.16. The summed E-state index contributed by atoms with van der Waals surface area (Å²) in [6.07, 6.45) is 5.04. The minimum atomic E-state index is 0.741. The maximum atomic E-state index is 5.64. The first-order chi connectivity index (χ1) is 7.42. The summed E-state index contributed by atoms with van der Waals surface area (Å²) in [5.74, 6) is 0. The zero-order valence-corrected chi connectivity index (χ0v) is 9.28. The van der Waals surface area contributed by atoms with E-state index in [1.54, 1.807) is 0 Å². The number of hydrogen-bond acceptors (Lipinski definition) is 2. The van der Waals surface area contributed by atoms with Crippen LogP contribution in [0.3, 0.4) is 0 Å². The summed E-state index contributed by atoms with van der Waals surface area (Å²) < 4.78 is 0. The minimum absolute atomic E-state index is 0.741. The molecule has 82 valence electrons. The fourth-order valence-corrected chi connectivity index (χ4v) is 2.32. The van der Waals surface area contributed by atoms with Gasteiger partial charge in [-0.2, -0.15) is 0 Å². The number of piperidine rings is 1. The smallest absolute Gasteiger partial charge is 0.0399 e. The van der Waals surface area contributed by atoms with E-state index in [9.17, 15) is 0 Å². The number of anilines is 1. The van der Waals surface area contributed by atoms with Gasteiger partial charge in [-0.1, -0.05) is 18.2 Å². The van der Waals surface area contributed by atoms with Crippen LogP contribution in [0, 0.1) is 0 Å². The Bertz CT molecular complexity index is 303. The van der Waals surface area contributed by atoms with Gasteiger partial charge in [0.25, 0.3) is 0 Å². The standard InChI is InChI=1S/C13H20N2/c14-9-8-12-6-2-3-7-13(12)15-10-4-1-5-11-15/h2-3,6-7H,1,4-5,8-11,14H2. The van der Waals surface area contributed by atoms with E-state index in [1.807, 2.05) is 0 Å². The summed E-state index contributed by atoms with van der Waals surface area (Å²) in [7, 11) is 0. The monoisotopic (exact) mass is 204 g/mol. The Labute approximate surface area is 92.1 Å². The number of para-hydroxylation sites is 1. The Morgan fingerprint density at radius 3 is 2.53 bits per heavy atom. The van der Waals surface area contributed by atoms with Crippen molar-refractivity contribution in [2.75, 3.05) is 24.5 Å². The molecule has 0 radical (unpaired) electrons. The number of nitrogens with two attached hydrogens (primary N) is 1. The maximum Gasteiger partial charge on any atom is 0.0399 e. The highest BCUT2D eigenvalue weighted by Crippen LogP contribution is 2.24. The van der Waals surface area contributed by atoms with E-state index >= 15 is 0 Å². The van der Waals surface area contributed by atoms with Crippen molar-refractivity contribution in [3.8, 4) is 0 Å². The highest BCUT2D eigenvalue weighted by Gasteiger charge is 2.13. The largest absolute Gasteiger partial charge is 0.371 e. The van der Waals surface area contributed by atoms with Crippen molar-refractivity contribution in [1.29, 1.82) is 0 Å². The van der Waals surface area contributed by atoms with E-state index in [0.717, 1.165) is 13.0 Å². The van der Waals surface area contributed by atoms with Gasteiger partial charge in [-0.05, 0) is 43.9 Å². The lowest BCUT2D eigenvalue weighted by Crippen LogP contribution is -2.30. The summed E-state index contributed by atoms with van der Waals surface area (Å²) in [5.41, 5.74) is 8.45. The van der Waals surface area contributed by atoms with Crippen LogP contribution in [0.1, 0.15) is 24.8 Å². The van der Waals surface area contributed by atoms with E-state index in [1.165, 1.54) is 43.6 Å². The summed E-state index contributed by atoms with van der Waals surface area (Å²) in [5, 5.41) is 0. The third kappa shape index (κ3) is 2.51. The van der Waals surface area contributed by atoms with Gasteiger partial charge in [0.05, 0.1) is 0 Å². The molecule has 15 heavy (non-hydrogen) atoms. The van der Waals surface area contributed by atoms with E-state index in [4.69, 9.17) is 5.73 Å². The molecule has 1 heterocycles. The van der Waals surface area contributed by atoms with Crippen molar-refractivity contribution in [2.24, 2.45) is 5.73 Å². The molecule has 0 amide bonds. The number of nitrogens with zero attached hydrogens (tertiary/aromatic N) is 1. The van der Waals surface area contributed by atoms with Crippen LogP contribution in [0.15, 0.2) is 24.3 Å². The molecule has 2 nitrogen and oxygen atoms in total. The van der Waals surface area contributed by atoms with E-state index in [0.29, 0.717) is 0 Å². The number of rotatable bonds is 3. The fraction of sp³-hybridized carbons (Fsp3) is 0.538. The van der Waals surface area contributed by atoms with Gasteiger partial charge in [-0.3, -0.25) is 0 Å². The van der Waals surface area contributed by atoms with Crippen molar-refractivity contribution < 1.29 is 0 Å². The first-order valence-corrected chi connectivity index (χ1v) is 5.95. The van der Waals surface area contributed by atoms with Crippen molar-refractivity contribution in [3.05, 3.63) is 29.8 Å². The molecule has 1 aliphatic rings. The molecule has 1 aromatic carbocycles. The summed E-state index contributed by atoms with van der Waals surface area (Å²) >= 11 is 0. The minimum Gasteiger partial charge on any atom is -0.371 e. The van der Waals surface area contributed by atoms with Gasteiger partial charge in [0.1, 0.15) is 0 Å². The molecule has 2 heteroatoms. The summed E-state index contributed by atoms with van der Waals surface area (Å²) in [4.78, 5) is 2.51. The van der Waals surface area contributed by atoms with Gasteiger partial charge in [-0.25, -0.2) is 0 Å². The third-order valence-electron chi connectivity index (χ3n) is 3.10. The quantitative estimate of drug-likeness (QED) is 0.817. The summed E-state index contributed by atoms with van der Waals surface area (Å²) in [6, 6.07) is 8.68. The zero-order chi connectivity index (χ0) is 10.5. The topological polar surface area (TPSA) is 29.3 Å². The molecule has 1 aliphatic heterocycles. The molecule has 1 saturated heterocycles. The Hall–Kier alpha value is -1.02. The third-order valence-corrected chi connectivity index (χ3v) is 3.10. The first kappa shape index (κ1) is 10.5. The van der Waals surface area contributed by atoms with Crippen LogP contribution < -0.4 is 10.6 Å². The fourth-order valence-electron chi connectivity index (χ4n) is 2.32. The molecule has 2 rings (SSSR count). The molecular weight excluding hydrogens is 184 g/mol. The van der Waals surface area contributed by atoms with Gasteiger partial charge in [-0.15, -0.1) is 0 Å². The normalized spacial score (nSPS) is 16.7. The average molecular weight is 204 g/mol. The molecule has 1 aromatic rings. The highest BCUT2D eigenvalue weighted by molar-refractivity contribution is 5.54. The zero-order valence-electron chi connectivity index (χ0n) is 9.28. The molecule has 1 fully saturated rings. The molecule has 0 bridgehead atoms. The second-order valence-electron chi connectivity index (χ2n) is 4.22. The Morgan fingerprint density at radius 2 is 1.80 bits per heavy atom. The molecule has 0 spiro atoms. The van der Waals surface area contributed by atoms with Crippen LogP contribution in [-0.2, 0) is 6.42 Å². The van der Waals surface area contributed by atoms with Gasteiger partial charge < -0.3 is 10.6 Å². The van der Waals surface area contributed by atoms with E-state index in [2.05, 4.69) is 29.2 Å². The maximum absolute atomic E-state index is 5.64. The lowest BCUT2D eigenvalue weighted by Gasteiger charge is -2.30. The van der Waals surface area contributed by atoms with Crippen molar-refractivity contribution >= 4 is 5.69 Å². The van der Waals surface area contributed by atoms with Crippen LogP contribution in [0.25, 0.3) is 0 Å². The molecule has 0 aliphatic carbocycles. The van der Waals surface area contributed by atoms with Gasteiger partial charge in [0.15, 0.2) is 0 Å². The van der Waals surface area contributed by atoms with Gasteiger partial charge >= 0.3 is 0 Å². The molecule has 0 aromatic heterocycles. The van der Waals surface area contributed by atoms with Gasteiger partial charge in [0, 0.05) is 18.8 Å². The van der Waals surface area contributed by atoms with Gasteiger partial charge in [0.2, 0.25) is 0 Å². The second kappa shape index (κ2) is 5.17. The van der Waals surface area contributed by atoms with Crippen molar-refractivity contribution in [2.45, 2.75) is 25.7 Å². The molecule has 0 saturated carbocycles. The predicted molar refractivity (Wildman–Crippen MR) is 65.3 cm³/mol. The average Bonchev–Trinajstić information content (AvgIpc) is 2.31. The van der Waals surface area contributed by atoms with E-state index < -0.39 is 0 Å². The van der Waals surface area contributed by atoms with Crippen LogP contribution >= 0.6 is 0 Å². The Kier molecular flexibility index (Phi) is 3.62. The number of benzene rings is 1. The van der Waals surface area contributed by atoms with Crippen LogP contribution in [-0.4, -0.2) is 19.6 Å². The SMILES string of the molecule is NCCc1ccccc1N1CCCCC1. The van der Waals surface area contributed by atoms with Crippen LogP contribution in [0.2, 0.25) is 0 Å². The molecule has 0 unspecified atom stereocenters. The Morgan fingerprint density at radius 1 is 1.07 bits per heavy atom. The second-order valence-corrected chi connectivity index (χ2v) is 4.22. The lowest BCUT2D eigenvalue weighted by atomic mass is 10.1. The van der Waals surface area contributed by atoms with Crippen LogP contribution in [0.5, 0.6) is 0 Å². The lowest BCUT2D eigenvalue weighted by molar-refractivity contribution is 0.576.